The standard InChI is InChI=1S/C15H18F2N2O6S/c1-8-13(14(20)21)25-15(22)19(8)9-6-10(16)12(11(17)7-9)18-2-4-26(23,24)5-3-18/h6-8,13,23-24H,2-5H2,1H3,(H,20,21)/t8?,13-/m1/s1. The maximum absolute atomic E-state index is 14.6. The number of carbonyl (C=O) groups is 2. The molecule has 1 amide bonds. The summed E-state index contributed by atoms with van der Waals surface area (Å²) in [5.41, 5.74) is -0.468. The van der Waals surface area contributed by atoms with Crippen LogP contribution in [0.2, 0.25) is 0 Å². The van der Waals surface area contributed by atoms with Crippen LogP contribution >= 0.6 is 10.6 Å². The molecule has 0 radical (unpaired) electrons. The lowest BCUT2D eigenvalue weighted by Crippen LogP contribution is -2.40. The first-order chi connectivity index (χ1) is 12.1. The molecule has 0 saturated carbocycles. The van der Waals surface area contributed by atoms with Crippen LogP contribution in [0, 0.1) is 11.6 Å². The minimum atomic E-state index is -2.71. The second kappa shape index (κ2) is 6.56. The predicted octanol–water partition coefficient (Wildman–Crippen LogP) is 2.33. The number of ether oxygens (including phenoxy) is 1. The van der Waals surface area contributed by atoms with Crippen molar-refractivity contribution in [2.75, 3.05) is 34.4 Å². The van der Waals surface area contributed by atoms with Gasteiger partial charge in [0.15, 0.2) is 11.6 Å². The van der Waals surface area contributed by atoms with Gasteiger partial charge in [-0.3, -0.25) is 14.0 Å². The summed E-state index contributed by atoms with van der Waals surface area (Å²) in [6.45, 7) is 1.57. The van der Waals surface area contributed by atoms with Crippen LogP contribution in [-0.2, 0) is 9.53 Å². The molecule has 8 nitrogen and oxygen atoms in total. The number of amides is 1. The first-order valence-corrected chi connectivity index (χ1v) is 9.69. The predicted molar refractivity (Wildman–Crippen MR) is 91.0 cm³/mol. The molecule has 144 valence electrons. The molecule has 1 unspecified atom stereocenters. The molecule has 1 aromatic rings. The minimum Gasteiger partial charge on any atom is -0.478 e. The molecule has 2 heterocycles. The number of anilines is 2. The monoisotopic (exact) mass is 392 g/mol. The van der Waals surface area contributed by atoms with E-state index in [1.165, 1.54) is 11.8 Å². The van der Waals surface area contributed by atoms with E-state index in [0.29, 0.717) is 0 Å². The van der Waals surface area contributed by atoms with Crippen LogP contribution in [-0.4, -0.2) is 63.0 Å². The highest BCUT2D eigenvalue weighted by Gasteiger charge is 2.44. The van der Waals surface area contributed by atoms with Crippen molar-refractivity contribution >= 4 is 34.0 Å². The number of carboxylic acid groups (broad SMARTS) is 1. The number of aliphatic carboxylic acids is 1. The van der Waals surface area contributed by atoms with Crippen molar-refractivity contribution in [1.29, 1.82) is 0 Å². The highest BCUT2D eigenvalue weighted by atomic mass is 32.3. The molecule has 2 atom stereocenters. The Morgan fingerprint density at radius 3 is 2.23 bits per heavy atom. The van der Waals surface area contributed by atoms with Gasteiger partial charge in [0, 0.05) is 25.2 Å². The highest BCUT2D eigenvalue weighted by molar-refractivity contribution is 8.24. The summed E-state index contributed by atoms with van der Waals surface area (Å²) >= 11 is 0. The molecule has 0 aromatic heterocycles. The summed E-state index contributed by atoms with van der Waals surface area (Å²) in [5, 5.41) is 9.03. The number of rotatable bonds is 3. The van der Waals surface area contributed by atoms with Crippen molar-refractivity contribution in [3.8, 4) is 0 Å². The van der Waals surface area contributed by atoms with Crippen molar-refractivity contribution in [2.24, 2.45) is 0 Å². The molecule has 26 heavy (non-hydrogen) atoms. The van der Waals surface area contributed by atoms with Gasteiger partial charge in [0.05, 0.1) is 23.2 Å². The number of carboxylic acids is 1. The lowest BCUT2D eigenvalue weighted by atomic mass is 10.1. The van der Waals surface area contributed by atoms with Crippen LogP contribution in [0.15, 0.2) is 12.1 Å². The van der Waals surface area contributed by atoms with E-state index in [0.717, 1.165) is 17.0 Å². The van der Waals surface area contributed by atoms with Crippen LogP contribution in [0.1, 0.15) is 6.92 Å². The molecule has 3 rings (SSSR count). The molecule has 2 saturated heterocycles. The van der Waals surface area contributed by atoms with Crippen LogP contribution in [0.25, 0.3) is 0 Å². The Morgan fingerprint density at radius 2 is 1.77 bits per heavy atom. The second-order valence-corrected chi connectivity index (χ2v) is 8.63. The zero-order valence-corrected chi connectivity index (χ0v) is 14.6. The van der Waals surface area contributed by atoms with E-state index in [9.17, 15) is 27.5 Å². The fraction of sp³-hybridized carbons (Fsp3) is 0.467. The summed E-state index contributed by atoms with van der Waals surface area (Å²) in [7, 11) is -2.71. The molecular weight excluding hydrogens is 374 g/mol. The maximum atomic E-state index is 14.6. The number of carbonyl (C=O) groups excluding carboxylic acids is 1. The van der Waals surface area contributed by atoms with Gasteiger partial charge in [0.2, 0.25) is 6.10 Å². The number of hydrogen-bond donors (Lipinski definition) is 3. The molecule has 2 aliphatic rings. The lowest BCUT2D eigenvalue weighted by Gasteiger charge is -2.42. The molecule has 11 heteroatoms. The zero-order chi connectivity index (χ0) is 19.2. The number of hydrogen-bond acceptors (Lipinski definition) is 6. The number of benzene rings is 1. The van der Waals surface area contributed by atoms with E-state index in [1.54, 1.807) is 0 Å². The number of nitrogens with zero attached hydrogens (tertiary/aromatic N) is 2. The first-order valence-electron chi connectivity index (χ1n) is 7.81. The second-order valence-electron chi connectivity index (χ2n) is 6.21. The van der Waals surface area contributed by atoms with Crippen LogP contribution in [0.5, 0.6) is 0 Å². The number of halogens is 2. The van der Waals surface area contributed by atoms with E-state index in [4.69, 9.17) is 9.84 Å². The van der Waals surface area contributed by atoms with Gasteiger partial charge < -0.3 is 14.7 Å². The first kappa shape index (κ1) is 18.7. The summed E-state index contributed by atoms with van der Waals surface area (Å²) in [6.07, 6.45) is -2.43. The van der Waals surface area contributed by atoms with Gasteiger partial charge in [-0.25, -0.2) is 18.4 Å². The Morgan fingerprint density at radius 1 is 1.23 bits per heavy atom. The maximum Gasteiger partial charge on any atom is 0.415 e. The Kier molecular flexibility index (Phi) is 4.71. The van der Waals surface area contributed by atoms with Gasteiger partial charge in [-0.2, -0.15) is 10.6 Å². The number of cyclic esters (lactones) is 1. The fourth-order valence-corrected chi connectivity index (χ4v) is 4.34. The summed E-state index contributed by atoms with van der Waals surface area (Å²) in [6, 6.07) is 0.938. The Labute approximate surface area is 149 Å². The topological polar surface area (TPSA) is 111 Å². The van der Waals surface area contributed by atoms with Crippen LogP contribution in [0.4, 0.5) is 25.0 Å². The average Bonchev–Trinajstić information content (AvgIpc) is 2.83. The van der Waals surface area contributed by atoms with E-state index in [2.05, 4.69) is 0 Å². The third-order valence-corrected chi connectivity index (χ3v) is 6.16. The zero-order valence-electron chi connectivity index (χ0n) is 13.8. The molecule has 2 fully saturated rings. The molecule has 0 spiro atoms. The van der Waals surface area contributed by atoms with Crippen molar-refractivity contribution in [3.63, 3.8) is 0 Å². The van der Waals surface area contributed by atoms with Crippen LogP contribution < -0.4 is 9.80 Å². The molecule has 0 bridgehead atoms. The quantitative estimate of drug-likeness (QED) is 0.724. The third kappa shape index (κ3) is 3.29. The minimum absolute atomic E-state index is 0.0173. The van der Waals surface area contributed by atoms with Crippen molar-refractivity contribution in [3.05, 3.63) is 23.8 Å². The Balaban J connectivity index is 1.88. The van der Waals surface area contributed by atoms with Gasteiger partial charge >= 0.3 is 12.1 Å². The fourth-order valence-electron chi connectivity index (χ4n) is 3.11. The summed E-state index contributed by atoms with van der Waals surface area (Å²) < 4.78 is 53.1. The van der Waals surface area contributed by atoms with Crippen molar-refractivity contribution < 1.29 is 37.3 Å². The Hall–Kier alpha value is -2.11. The van der Waals surface area contributed by atoms with E-state index < -0.39 is 46.4 Å². The molecule has 0 aliphatic carbocycles. The molecular formula is C15H18F2N2O6S. The molecule has 3 N–H and O–H groups in total. The van der Waals surface area contributed by atoms with E-state index in [-0.39, 0.29) is 36.0 Å². The van der Waals surface area contributed by atoms with Crippen molar-refractivity contribution in [2.45, 2.75) is 19.1 Å². The van der Waals surface area contributed by atoms with Gasteiger partial charge in [-0.1, -0.05) is 0 Å². The van der Waals surface area contributed by atoms with Gasteiger partial charge in [-0.05, 0) is 6.92 Å². The SMILES string of the molecule is CC1[C@H](C(=O)O)OC(=O)N1c1cc(F)c(N2CCS(O)(O)CC2)c(F)c1. The lowest BCUT2D eigenvalue weighted by molar-refractivity contribution is -0.145. The third-order valence-electron chi connectivity index (χ3n) is 4.49. The average molecular weight is 392 g/mol. The Bertz CT molecular complexity index is 729. The molecule has 2 aliphatic heterocycles. The summed E-state index contributed by atoms with van der Waals surface area (Å²) in [5.74, 6) is -3.18. The smallest absolute Gasteiger partial charge is 0.415 e. The van der Waals surface area contributed by atoms with Crippen molar-refractivity contribution in [1.82, 2.24) is 0 Å². The van der Waals surface area contributed by atoms with Gasteiger partial charge in [0.1, 0.15) is 5.69 Å². The molecule has 1 aromatic carbocycles. The van der Waals surface area contributed by atoms with E-state index in [1.807, 2.05) is 0 Å². The normalized spacial score (nSPS) is 26.6. The largest absolute Gasteiger partial charge is 0.478 e. The van der Waals surface area contributed by atoms with Gasteiger partial charge in [-0.15, -0.1) is 0 Å². The van der Waals surface area contributed by atoms with Crippen LogP contribution in [0.3, 0.4) is 0 Å². The van der Waals surface area contributed by atoms with Gasteiger partial charge in [0.25, 0.3) is 0 Å². The van der Waals surface area contributed by atoms with E-state index >= 15 is 0 Å². The highest BCUT2D eigenvalue weighted by Crippen LogP contribution is 2.42. The summed E-state index contributed by atoms with van der Waals surface area (Å²) in [4.78, 5) is 25.3.